The Labute approximate surface area is 114 Å². The highest BCUT2D eigenvalue weighted by Gasteiger charge is 2.28. The highest BCUT2D eigenvalue weighted by molar-refractivity contribution is 5.78. The van der Waals surface area contributed by atoms with Crippen LogP contribution in [0.5, 0.6) is 0 Å². The molecule has 2 atom stereocenters. The summed E-state index contributed by atoms with van der Waals surface area (Å²) < 4.78 is 0. The molecule has 3 N–H and O–H groups in total. The molecular formula is C15H21N3O. The summed E-state index contributed by atoms with van der Waals surface area (Å²) in [5.74, 6) is 0.271. The van der Waals surface area contributed by atoms with E-state index in [1.807, 2.05) is 0 Å². The molecule has 0 saturated carbocycles. The van der Waals surface area contributed by atoms with Crippen molar-refractivity contribution in [2.75, 3.05) is 25.0 Å². The molecular weight excluding hydrogens is 238 g/mol. The number of hydrogen-bond donors (Lipinski definition) is 2. The summed E-state index contributed by atoms with van der Waals surface area (Å²) >= 11 is 0. The standard InChI is InChI=1S/C15H21N3O/c1-18-6-2-3-11-7-10(4-5-14(11)18)12-8-15(19)17-9-13(12)16/h4-5,7,12-13H,2-3,6,8-9,16H2,1H3,(H,17,19). The number of nitrogens with one attached hydrogen (secondary N) is 1. The Balaban J connectivity index is 1.91. The molecule has 1 aromatic rings. The van der Waals surface area contributed by atoms with E-state index in [1.54, 1.807) is 0 Å². The van der Waals surface area contributed by atoms with Gasteiger partial charge in [0.1, 0.15) is 0 Å². The molecule has 4 heteroatoms. The Morgan fingerprint density at radius 1 is 1.42 bits per heavy atom. The normalized spacial score (nSPS) is 26.8. The fourth-order valence-corrected chi connectivity index (χ4v) is 3.20. The molecule has 0 spiro atoms. The van der Waals surface area contributed by atoms with Crippen LogP contribution in [0.25, 0.3) is 0 Å². The number of hydrogen-bond acceptors (Lipinski definition) is 3. The van der Waals surface area contributed by atoms with Gasteiger partial charge in [-0.15, -0.1) is 0 Å². The minimum absolute atomic E-state index is 0.0251. The average molecular weight is 259 g/mol. The van der Waals surface area contributed by atoms with Crippen LogP contribution in [0.1, 0.15) is 29.9 Å². The van der Waals surface area contributed by atoms with Gasteiger partial charge in [-0.3, -0.25) is 4.79 Å². The number of amides is 1. The predicted octanol–water partition coefficient (Wildman–Crippen LogP) is 1.000. The summed E-state index contributed by atoms with van der Waals surface area (Å²) in [6.45, 7) is 1.71. The second-order valence-electron chi connectivity index (χ2n) is 5.69. The lowest BCUT2D eigenvalue weighted by molar-refractivity contribution is -0.122. The first-order valence-corrected chi connectivity index (χ1v) is 7.01. The molecule has 3 rings (SSSR count). The van der Waals surface area contributed by atoms with Crippen molar-refractivity contribution in [1.82, 2.24) is 5.32 Å². The van der Waals surface area contributed by atoms with Crippen molar-refractivity contribution in [2.45, 2.75) is 31.2 Å². The van der Waals surface area contributed by atoms with E-state index in [-0.39, 0.29) is 17.9 Å². The molecule has 19 heavy (non-hydrogen) atoms. The average Bonchev–Trinajstić information content (AvgIpc) is 2.41. The van der Waals surface area contributed by atoms with Gasteiger partial charge >= 0.3 is 0 Å². The summed E-state index contributed by atoms with van der Waals surface area (Å²) in [5, 5.41) is 2.83. The zero-order chi connectivity index (χ0) is 13.4. The number of carbonyl (C=O) groups excluding carboxylic acids is 1. The van der Waals surface area contributed by atoms with E-state index in [1.165, 1.54) is 23.2 Å². The molecule has 4 nitrogen and oxygen atoms in total. The first-order valence-electron chi connectivity index (χ1n) is 7.01. The topological polar surface area (TPSA) is 58.4 Å². The van der Waals surface area contributed by atoms with Crippen molar-refractivity contribution in [3.63, 3.8) is 0 Å². The molecule has 1 amide bonds. The summed E-state index contributed by atoms with van der Waals surface area (Å²) in [6.07, 6.45) is 2.83. The molecule has 2 unspecified atom stereocenters. The van der Waals surface area contributed by atoms with Crippen molar-refractivity contribution in [1.29, 1.82) is 0 Å². The number of rotatable bonds is 1. The summed E-state index contributed by atoms with van der Waals surface area (Å²) in [5.41, 5.74) is 10.1. The van der Waals surface area contributed by atoms with Gasteiger partial charge in [0, 0.05) is 44.2 Å². The van der Waals surface area contributed by atoms with E-state index < -0.39 is 0 Å². The first kappa shape index (κ1) is 12.5. The van der Waals surface area contributed by atoms with Gasteiger partial charge < -0.3 is 16.0 Å². The van der Waals surface area contributed by atoms with Gasteiger partial charge in [0.25, 0.3) is 0 Å². The van der Waals surface area contributed by atoms with Crippen LogP contribution in [0.4, 0.5) is 5.69 Å². The van der Waals surface area contributed by atoms with Gasteiger partial charge in [0.2, 0.25) is 5.91 Å². The van der Waals surface area contributed by atoms with Crippen molar-refractivity contribution < 1.29 is 4.79 Å². The van der Waals surface area contributed by atoms with E-state index >= 15 is 0 Å². The monoisotopic (exact) mass is 259 g/mol. The van der Waals surface area contributed by atoms with E-state index in [4.69, 9.17) is 5.73 Å². The lowest BCUT2D eigenvalue weighted by Gasteiger charge is -2.32. The Morgan fingerprint density at radius 3 is 3.11 bits per heavy atom. The van der Waals surface area contributed by atoms with Crippen LogP contribution < -0.4 is 16.0 Å². The van der Waals surface area contributed by atoms with Gasteiger partial charge in [0.15, 0.2) is 0 Å². The molecule has 2 heterocycles. The van der Waals surface area contributed by atoms with Crippen molar-refractivity contribution in [2.24, 2.45) is 5.73 Å². The van der Waals surface area contributed by atoms with Crippen molar-refractivity contribution >= 4 is 11.6 Å². The molecule has 2 aliphatic heterocycles. The van der Waals surface area contributed by atoms with Crippen LogP contribution >= 0.6 is 0 Å². The Bertz CT molecular complexity index is 500. The molecule has 2 aliphatic rings. The second-order valence-corrected chi connectivity index (χ2v) is 5.69. The fraction of sp³-hybridized carbons (Fsp3) is 0.533. The summed E-state index contributed by atoms with van der Waals surface area (Å²) in [6, 6.07) is 6.61. The molecule has 0 bridgehead atoms. The van der Waals surface area contributed by atoms with E-state index in [9.17, 15) is 4.79 Å². The number of fused-ring (bicyclic) bond motifs is 1. The van der Waals surface area contributed by atoms with E-state index in [2.05, 4.69) is 35.5 Å². The number of nitrogens with two attached hydrogens (primary N) is 1. The number of piperidine rings is 1. The smallest absolute Gasteiger partial charge is 0.220 e. The Morgan fingerprint density at radius 2 is 2.26 bits per heavy atom. The fourth-order valence-electron chi connectivity index (χ4n) is 3.20. The largest absolute Gasteiger partial charge is 0.374 e. The van der Waals surface area contributed by atoms with Gasteiger partial charge in [-0.2, -0.15) is 0 Å². The zero-order valence-electron chi connectivity index (χ0n) is 11.4. The van der Waals surface area contributed by atoms with Crippen LogP contribution in [-0.4, -0.2) is 32.1 Å². The summed E-state index contributed by atoms with van der Waals surface area (Å²) in [7, 11) is 2.14. The summed E-state index contributed by atoms with van der Waals surface area (Å²) in [4.78, 5) is 13.9. The molecule has 0 aliphatic carbocycles. The van der Waals surface area contributed by atoms with Crippen molar-refractivity contribution in [3.8, 4) is 0 Å². The SMILES string of the molecule is CN1CCCc2cc(C3CC(=O)NCC3N)ccc21. The first-order chi connectivity index (χ1) is 9.15. The zero-order valence-corrected chi connectivity index (χ0v) is 11.4. The van der Waals surface area contributed by atoms with Gasteiger partial charge in [0.05, 0.1) is 0 Å². The van der Waals surface area contributed by atoms with E-state index in [0.29, 0.717) is 13.0 Å². The van der Waals surface area contributed by atoms with Crippen molar-refractivity contribution in [3.05, 3.63) is 29.3 Å². The minimum Gasteiger partial charge on any atom is -0.374 e. The number of anilines is 1. The minimum atomic E-state index is 0.0251. The number of carbonyl (C=O) groups is 1. The maximum atomic E-state index is 11.6. The molecule has 1 fully saturated rings. The van der Waals surface area contributed by atoms with Crippen LogP contribution in [0.15, 0.2) is 18.2 Å². The highest BCUT2D eigenvalue weighted by atomic mass is 16.1. The van der Waals surface area contributed by atoms with Gasteiger partial charge in [-0.25, -0.2) is 0 Å². The third kappa shape index (κ3) is 2.32. The predicted molar refractivity (Wildman–Crippen MR) is 76.4 cm³/mol. The van der Waals surface area contributed by atoms with Gasteiger partial charge in [-0.1, -0.05) is 12.1 Å². The third-order valence-corrected chi connectivity index (χ3v) is 4.34. The Hall–Kier alpha value is -1.55. The third-order valence-electron chi connectivity index (χ3n) is 4.34. The molecule has 1 saturated heterocycles. The molecule has 0 aromatic heterocycles. The molecule has 1 aromatic carbocycles. The number of nitrogens with zero attached hydrogens (tertiary/aromatic N) is 1. The lowest BCUT2D eigenvalue weighted by atomic mass is 9.84. The number of benzene rings is 1. The van der Waals surface area contributed by atoms with Gasteiger partial charge in [-0.05, 0) is 30.0 Å². The molecule has 102 valence electrons. The lowest BCUT2D eigenvalue weighted by Crippen LogP contribution is -2.47. The maximum absolute atomic E-state index is 11.6. The quantitative estimate of drug-likeness (QED) is 0.791. The highest BCUT2D eigenvalue weighted by Crippen LogP contribution is 2.32. The second kappa shape index (κ2) is 4.85. The maximum Gasteiger partial charge on any atom is 0.220 e. The van der Waals surface area contributed by atoms with Crippen LogP contribution in [0.2, 0.25) is 0 Å². The van der Waals surface area contributed by atoms with E-state index in [0.717, 1.165) is 13.0 Å². The van der Waals surface area contributed by atoms with Crippen LogP contribution in [-0.2, 0) is 11.2 Å². The van der Waals surface area contributed by atoms with Crippen LogP contribution in [0, 0.1) is 0 Å². The molecule has 0 radical (unpaired) electrons. The number of aryl methyl sites for hydroxylation is 1. The van der Waals surface area contributed by atoms with Crippen LogP contribution in [0.3, 0.4) is 0 Å². The Kier molecular flexibility index (Phi) is 3.19.